The second kappa shape index (κ2) is 5.85. The molecule has 0 fully saturated rings. The van der Waals surface area contributed by atoms with Gasteiger partial charge in [0.1, 0.15) is 17.2 Å². The van der Waals surface area contributed by atoms with Gasteiger partial charge in [0.05, 0.1) is 0 Å². The first-order valence-electron chi connectivity index (χ1n) is 3.79. The van der Waals surface area contributed by atoms with E-state index in [9.17, 15) is 13.6 Å². The Labute approximate surface area is 80.5 Å². The Morgan fingerprint density at radius 1 is 1.43 bits per heavy atom. The Balaban J connectivity index is 0.000000500. The predicted octanol–water partition coefficient (Wildman–Crippen LogP) is 2.86. The minimum Gasteiger partial charge on any atom is -0.477 e. The van der Waals surface area contributed by atoms with Crippen molar-refractivity contribution in [2.45, 2.75) is 6.92 Å². The van der Waals surface area contributed by atoms with Crippen LogP contribution in [-0.2, 0) is 0 Å². The zero-order valence-corrected chi connectivity index (χ0v) is 7.63. The lowest BCUT2D eigenvalue weighted by Crippen LogP contribution is -2.03. The number of aromatic carboxylic acids is 1. The maximum atomic E-state index is 12.5. The predicted molar refractivity (Wildman–Crippen MR) is 49.2 cm³/mol. The number of hydrogen-bond donors (Lipinski definition) is 1. The van der Waals surface area contributed by atoms with Gasteiger partial charge in [-0.25, -0.2) is 13.6 Å². The summed E-state index contributed by atoms with van der Waals surface area (Å²) >= 11 is 0. The molecule has 2 nitrogen and oxygen atoms in total. The van der Waals surface area contributed by atoms with E-state index in [1.54, 1.807) is 6.08 Å². The van der Waals surface area contributed by atoms with Crippen molar-refractivity contribution in [3.8, 4) is 0 Å². The molecule has 1 aromatic carbocycles. The maximum absolute atomic E-state index is 12.5. The van der Waals surface area contributed by atoms with Gasteiger partial charge in [-0.1, -0.05) is 12.1 Å². The molecule has 0 heterocycles. The van der Waals surface area contributed by atoms with Crippen molar-refractivity contribution in [3.63, 3.8) is 0 Å². The van der Waals surface area contributed by atoms with E-state index in [-0.39, 0.29) is 0 Å². The Morgan fingerprint density at radius 2 is 1.79 bits per heavy atom. The average molecular weight is 200 g/mol. The first-order chi connectivity index (χ1) is 6.54. The highest BCUT2D eigenvalue weighted by molar-refractivity contribution is 5.88. The second-order valence-electron chi connectivity index (χ2n) is 2.31. The standard InChI is InChI=1S/C7H4F2O2.C3H6/c8-4-2-1-3-5(9)6(4)7(10)11;1-3-2/h1-3H,(H,10,11);3H,1H2,2H3. The number of hydrogen-bond acceptors (Lipinski definition) is 1. The van der Waals surface area contributed by atoms with Crippen LogP contribution in [0.2, 0.25) is 0 Å². The van der Waals surface area contributed by atoms with E-state index in [4.69, 9.17) is 5.11 Å². The van der Waals surface area contributed by atoms with Crippen molar-refractivity contribution in [2.75, 3.05) is 0 Å². The Morgan fingerprint density at radius 3 is 2.00 bits per heavy atom. The molecule has 76 valence electrons. The molecule has 14 heavy (non-hydrogen) atoms. The molecule has 0 spiro atoms. The minimum absolute atomic E-state index is 0.895. The number of carbonyl (C=O) groups is 1. The van der Waals surface area contributed by atoms with Gasteiger partial charge in [-0.3, -0.25) is 0 Å². The summed E-state index contributed by atoms with van der Waals surface area (Å²) in [6.07, 6.45) is 1.75. The van der Waals surface area contributed by atoms with Crippen LogP contribution in [0, 0.1) is 11.6 Å². The molecule has 0 bridgehead atoms. The third-order valence-corrected chi connectivity index (χ3v) is 1.18. The van der Waals surface area contributed by atoms with Gasteiger partial charge in [0, 0.05) is 0 Å². The van der Waals surface area contributed by atoms with Gasteiger partial charge >= 0.3 is 5.97 Å². The molecule has 0 saturated heterocycles. The van der Waals surface area contributed by atoms with E-state index in [1.807, 2.05) is 6.92 Å². The number of rotatable bonds is 1. The van der Waals surface area contributed by atoms with Crippen LogP contribution < -0.4 is 0 Å². The lowest BCUT2D eigenvalue weighted by atomic mass is 10.2. The van der Waals surface area contributed by atoms with Crippen molar-refractivity contribution in [2.24, 2.45) is 0 Å². The molecule has 1 rings (SSSR count). The highest BCUT2D eigenvalue weighted by Crippen LogP contribution is 2.10. The van der Waals surface area contributed by atoms with Gasteiger partial charge in [0.15, 0.2) is 0 Å². The molecule has 0 saturated carbocycles. The topological polar surface area (TPSA) is 37.3 Å². The molecule has 1 N–H and O–H groups in total. The molecule has 0 atom stereocenters. The van der Waals surface area contributed by atoms with E-state index in [2.05, 4.69) is 6.58 Å². The van der Waals surface area contributed by atoms with Crippen LogP contribution in [-0.4, -0.2) is 11.1 Å². The van der Waals surface area contributed by atoms with Crippen LogP contribution in [0.3, 0.4) is 0 Å². The SMILES string of the molecule is C=CC.O=C(O)c1c(F)cccc1F. The fraction of sp³-hybridized carbons (Fsp3) is 0.100. The lowest BCUT2D eigenvalue weighted by Gasteiger charge is -1.96. The van der Waals surface area contributed by atoms with Crippen LogP contribution in [0.5, 0.6) is 0 Å². The first kappa shape index (κ1) is 12.3. The summed E-state index contributed by atoms with van der Waals surface area (Å²) in [5.74, 6) is -3.71. The van der Waals surface area contributed by atoms with E-state index in [0.29, 0.717) is 0 Å². The molecular weight excluding hydrogens is 190 g/mol. The Hall–Kier alpha value is -1.71. The summed E-state index contributed by atoms with van der Waals surface area (Å²) in [7, 11) is 0. The van der Waals surface area contributed by atoms with Crippen molar-refractivity contribution in [1.29, 1.82) is 0 Å². The van der Waals surface area contributed by atoms with Gasteiger partial charge in [-0.05, 0) is 19.1 Å². The number of allylic oxidation sites excluding steroid dienone is 1. The third kappa shape index (κ3) is 3.35. The van der Waals surface area contributed by atoms with E-state index < -0.39 is 23.2 Å². The number of carboxylic acids is 1. The third-order valence-electron chi connectivity index (χ3n) is 1.18. The van der Waals surface area contributed by atoms with Crippen molar-refractivity contribution >= 4 is 5.97 Å². The minimum atomic E-state index is -1.60. The molecule has 0 radical (unpaired) electrons. The fourth-order valence-electron chi connectivity index (χ4n) is 0.702. The van der Waals surface area contributed by atoms with Gasteiger partial charge < -0.3 is 5.11 Å². The zero-order valence-electron chi connectivity index (χ0n) is 7.63. The van der Waals surface area contributed by atoms with E-state index in [1.165, 1.54) is 0 Å². The Bertz CT molecular complexity index is 315. The Kier molecular flexibility index (Phi) is 5.14. The normalized spacial score (nSPS) is 8.50. The van der Waals surface area contributed by atoms with E-state index >= 15 is 0 Å². The van der Waals surface area contributed by atoms with Crippen LogP contribution in [0.25, 0.3) is 0 Å². The molecule has 4 heteroatoms. The van der Waals surface area contributed by atoms with Crippen LogP contribution >= 0.6 is 0 Å². The van der Waals surface area contributed by atoms with E-state index in [0.717, 1.165) is 18.2 Å². The summed E-state index contributed by atoms with van der Waals surface area (Å²) in [6, 6.07) is 2.90. The molecule has 0 aliphatic carbocycles. The number of carboxylic acid groups (broad SMARTS) is 1. The van der Waals surface area contributed by atoms with Gasteiger partial charge in [-0.15, -0.1) is 6.58 Å². The second-order valence-corrected chi connectivity index (χ2v) is 2.31. The number of benzene rings is 1. The smallest absolute Gasteiger partial charge is 0.341 e. The quantitative estimate of drug-likeness (QED) is 0.707. The maximum Gasteiger partial charge on any atom is 0.341 e. The van der Waals surface area contributed by atoms with Crippen LogP contribution in [0.4, 0.5) is 8.78 Å². The molecular formula is C10H10F2O2. The van der Waals surface area contributed by atoms with Crippen LogP contribution in [0.1, 0.15) is 17.3 Å². The molecule has 1 aromatic rings. The van der Waals surface area contributed by atoms with Crippen LogP contribution in [0.15, 0.2) is 30.9 Å². The van der Waals surface area contributed by atoms with Gasteiger partial charge in [0.25, 0.3) is 0 Å². The molecule has 0 aliphatic heterocycles. The lowest BCUT2D eigenvalue weighted by molar-refractivity contribution is 0.0686. The van der Waals surface area contributed by atoms with Gasteiger partial charge in [0.2, 0.25) is 0 Å². The summed E-state index contributed by atoms with van der Waals surface area (Å²) in [5, 5.41) is 8.27. The molecule has 0 aliphatic rings. The van der Waals surface area contributed by atoms with Gasteiger partial charge in [-0.2, -0.15) is 0 Å². The average Bonchev–Trinajstić information content (AvgIpc) is 2.04. The zero-order chi connectivity index (χ0) is 11.1. The van der Waals surface area contributed by atoms with Crippen molar-refractivity contribution < 1.29 is 18.7 Å². The first-order valence-corrected chi connectivity index (χ1v) is 3.79. The van der Waals surface area contributed by atoms with Crippen molar-refractivity contribution in [3.05, 3.63) is 48.1 Å². The molecule has 0 amide bonds. The molecule has 0 unspecified atom stereocenters. The molecule has 0 aromatic heterocycles. The fourth-order valence-corrected chi connectivity index (χ4v) is 0.702. The monoisotopic (exact) mass is 200 g/mol. The number of halogens is 2. The van der Waals surface area contributed by atoms with Crippen molar-refractivity contribution in [1.82, 2.24) is 0 Å². The summed E-state index contributed by atoms with van der Waals surface area (Å²) < 4.78 is 25.0. The largest absolute Gasteiger partial charge is 0.477 e. The highest BCUT2D eigenvalue weighted by atomic mass is 19.1. The highest BCUT2D eigenvalue weighted by Gasteiger charge is 2.14. The summed E-state index contributed by atoms with van der Waals surface area (Å²) in [5.41, 5.74) is -0.910. The summed E-state index contributed by atoms with van der Waals surface area (Å²) in [4.78, 5) is 10.2. The summed E-state index contributed by atoms with van der Waals surface area (Å²) in [6.45, 7) is 5.25.